The van der Waals surface area contributed by atoms with Crippen molar-refractivity contribution in [3.8, 4) is 0 Å². The van der Waals surface area contributed by atoms with E-state index in [4.69, 9.17) is 0 Å². The van der Waals surface area contributed by atoms with Gasteiger partial charge in [-0.1, -0.05) is 0 Å². The molecular formula is C9H16N2O. The zero-order chi connectivity index (χ0) is 8.39. The van der Waals surface area contributed by atoms with E-state index in [1.54, 1.807) is 0 Å². The molecule has 0 bridgehead atoms. The average molecular weight is 168 g/mol. The Morgan fingerprint density at radius 1 is 1.42 bits per heavy atom. The molecule has 1 unspecified atom stereocenters. The SMILES string of the molecule is O=C(CC1CC1)NC1CCNC1. The van der Waals surface area contributed by atoms with E-state index in [0.29, 0.717) is 12.0 Å². The normalized spacial score (nSPS) is 28.8. The van der Waals surface area contributed by atoms with E-state index in [9.17, 15) is 4.79 Å². The number of hydrogen-bond acceptors (Lipinski definition) is 2. The maximum absolute atomic E-state index is 11.3. The summed E-state index contributed by atoms with van der Waals surface area (Å²) in [7, 11) is 0. The Balaban J connectivity index is 1.66. The topological polar surface area (TPSA) is 41.1 Å². The van der Waals surface area contributed by atoms with Crippen LogP contribution in [-0.4, -0.2) is 25.0 Å². The van der Waals surface area contributed by atoms with Crippen molar-refractivity contribution in [2.45, 2.75) is 31.7 Å². The quantitative estimate of drug-likeness (QED) is 0.635. The van der Waals surface area contributed by atoms with E-state index in [-0.39, 0.29) is 5.91 Å². The molecule has 1 aliphatic carbocycles. The van der Waals surface area contributed by atoms with Gasteiger partial charge >= 0.3 is 0 Å². The fourth-order valence-corrected chi connectivity index (χ4v) is 1.65. The van der Waals surface area contributed by atoms with Crippen LogP contribution in [0.3, 0.4) is 0 Å². The van der Waals surface area contributed by atoms with E-state index in [1.165, 1.54) is 12.8 Å². The van der Waals surface area contributed by atoms with Gasteiger partial charge in [0.15, 0.2) is 0 Å². The summed E-state index contributed by atoms with van der Waals surface area (Å²) in [5, 5.41) is 6.28. The van der Waals surface area contributed by atoms with E-state index in [1.807, 2.05) is 0 Å². The summed E-state index contributed by atoms with van der Waals surface area (Å²) in [5.41, 5.74) is 0. The minimum absolute atomic E-state index is 0.256. The number of nitrogens with one attached hydrogen (secondary N) is 2. The molecular weight excluding hydrogens is 152 g/mol. The summed E-state index contributed by atoms with van der Waals surface area (Å²) in [4.78, 5) is 11.3. The lowest BCUT2D eigenvalue weighted by atomic mass is 10.2. The van der Waals surface area contributed by atoms with Crippen molar-refractivity contribution in [3.05, 3.63) is 0 Å². The average Bonchev–Trinajstić information content (AvgIpc) is 2.66. The molecule has 1 atom stereocenters. The highest BCUT2D eigenvalue weighted by molar-refractivity contribution is 5.76. The Morgan fingerprint density at radius 3 is 2.83 bits per heavy atom. The molecule has 1 amide bonds. The van der Waals surface area contributed by atoms with E-state index < -0.39 is 0 Å². The summed E-state index contributed by atoms with van der Waals surface area (Å²) in [6, 6.07) is 0.399. The van der Waals surface area contributed by atoms with Crippen LogP contribution in [0.25, 0.3) is 0 Å². The van der Waals surface area contributed by atoms with Crippen LogP contribution >= 0.6 is 0 Å². The summed E-state index contributed by atoms with van der Waals surface area (Å²) in [5.74, 6) is 0.963. The summed E-state index contributed by atoms with van der Waals surface area (Å²) in [6.07, 6.45) is 4.37. The number of carbonyl (C=O) groups is 1. The molecule has 2 aliphatic rings. The van der Waals surface area contributed by atoms with Gasteiger partial charge in [0.1, 0.15) is 0 Å². The van der Waals surface area contributed by atoms with Crippen LogP contribution in [0.4, 0.5) is 0 Å². The lowest BCUT2D eigenvalue weighted by molar-refractivity contribution is -0.122. The van der Waals surface area contributed by atoms with Crippen LogP contribution in [0.1, 0.15) is 25.7 Å². The largest absolute Gasteiger partial charge is 0.352 e. The lowest BCUT2D eigenvalue weighted by Crippen LogP contribution is -2.36. The van der Waals surface area contributed by atoms with Gasteiger partial charge in [0.05, 0.1) is 0 Å². The second-order valence-electron chi connectivity index (χ2n) is 3.90. The number of rotatable bonds is 3. The third kappa shape index (κ3) is 2.21. The number of amides is 1. The number of carbonyl (C=O) groups excluding carboxylic acids is 1. The van der Waals surface area contributed by atoms with Crippen LogP contribution in [0.2, 0.25) is 0 Å². The first-order chi connectivity index (χ1) is 5.84. The fraction of sp³-hybridized carbons (Fsp3) is 0.889. The lowest BCUT2D eigenvalue weighted by Gasteiger charge is -2.10. The van der Waals surface area contributed by atoms with Crippen molar-refractivity contribution >= 4 is 5.91 Å². The molecule has 3 heteroatoms. The van der Waals surface area contributed by atoms with E-state index in [2.05, 4.69) is 10.6 Å². The number of hydrogen-bond donors (Lipinski definition) is 2. The molecule has 1 aliphatic heterocycles. The first kappa shape index (κ1) is 8.05. The minimum atomic E-state index is 0.256. The van der Waals surface area contributed by atoms with Gasteiger partial charge in [-0.15, -0.1) is 0 Å². The predicted molar refractivity (Wildman–Crippen MR) is 46.8 cm³/mol. The third-order valence-corrected chi connectivity index (χ3v) is 2.60. The Kier molecular flexibility index (Phi) is 2.30. The standard InChI is InChI=1S/C9H16N2O/c12-9(5-7-1-2-7)11-8-3-4-10-6-8/h7-8,10H,1-6H2,(H,11,12). The molecule has 12 heavy (non-hydrogen) atoms. The molecule has 2 rings (SSSR count). The summed E-state index contributed by atoms with van der Waals surface area (Å²) < 4.78 is 0. The van der Waals surface area contributed by atoms with Crippen molar-refractivity contribution in [1.82, 2.24) is 10.6 Å². The highest BCUT2D eigenvalue weighted by Crippen LogP contribution is 2.32. The molecule has 2 N–H and O–H groups in total. The van der Waals surface area contributed by atoms with Crippen LogP contribution in [0.5, 0.6) is 0 Å². The Bertz CT molecular complexity index is 171. The maximum Gasteiger partial charge on any atom is 0.220 e. The van der Waals surface area contributed by atoms with Crippen LogP contribution < -0.4 is 10.6 Å². The van der Waals surface area contributed by atoms with Gasteiger partial charge in [-0.25, -0.2) is 0 Å². The van der Waals surface area contributed by atoms with Crippen molar-refractivity contribution in [1.29, 1.82) is 0 Å². The molecule has 0 aromatic heterocycles. The van der Waals surface area contributed by atoms with Gasteiger partial charge in [0.2, 0.25) is 5.91 Å². The van der Waals surface area contributed by atoms with Crippen LogP contribution in [-0.2, 0) is 4.79 Å². The smallest absolute Gasteiger partial charge is 0.220 e. The van der Waals surface area contributed by atoms with E-state index in [0.717, 1.165) is 25.9 Å². The molecule has 1 heterocycles. The molecule has 0 radical (unpaired) electrons. The first-order valence-corrected chi connectivity index (χ1v) is 4.84. The van der Waals surface area contributed by atoms with Crippen molar-refractivity contribution in [2.24, 2.45) is 5.92 Å². The summed E-state index contributed by atoms with van der Waals surface area (Å²) in [6.45, 7) is 2.00. The van der Waals surface area contributed by atoms with Gasteiger partial charge in [0.25, 0.3) is 0 Å². The van der Waals surface area contributed by atoms with Crippen molar-refractivity contribution in [2.75, 3.05) is 13.1 Å². The zero-order valence-corrected chi connectivity index (χ0v) is 7.31. The monoisotopic (exact) mass is 168 g/mol. The molecule has 3 nitrogen and oxygen atoms in total. The summed E-state index contributed by atoms with van der Waals surface area (Å²) >= 11 is 0. The fourth-order valence-electron chi connectivity index (χ4n) is 1.65. The highest BCUT2D eigenvalue weighted by Gasteiger charge is 2.25. The zero-order valence-electron chi connectivity index (χ0n) is 7.31. The molecule has 2 fully saturated rings. The van der Waals surface area contributed by atoms with Crippen molar-refractivity contribution in [3.63, 3.8) is 0 Å². The second kappa shape index (κ2) is 3.44. The van der Waals surface area contributed by atoms with E-state index >= 15 is 0 Å². The second-order valence-corrected chi connectivity index (χ2v) is 3.90. The first-order valence-electron chi connectivity index (χ1n) is 4.84. The van der Waals surface area contributed by atoms with Gasteiger partial charge < -0.3 is 10.6 Å². The van der Waals surface area contributed by atoms with Gasteiger partial charge in [-0.3, -0.25) is 4.79 Å². The van der Waals surface area contributed by atoms with Gasteiger partial charge in [0, 0.05) is 19.0 Å². The molecule has 68 valence electrons. The van der Waals surface area contributed by atoms with Crippen LogP contribution in [0, 0.1) is 5.92 Å². The highest BCUT2D eigenvalue weighted by atomic mass is 16.1. The Labute approximate surface area is 72.9 Å². The maximum atomic E-state index is 11.3. The van der Waals surface area contributed by atoms with Gasteiger partial charge in [-0.2, -0.15) is 0 Å². The molecule has 0 aromatic carbocycles. The molecule has 1 saturated carbocycles. The minimum Gasteiger partial charge on any atom is -0.352 e. The molecule has 0 aromatic rings. The molecule has 0 spiro atoms. The molecule has 1 saturated heterocycles. The van der Waals surface area contributed by atoms with Crippen molar-refractivity contribution < 1.29 is 4.79 Å². The van der Waals surface area contributed by atoms with Crippen LogP contribution in [0.15, 0.2) is 0 Å². The third-order valence-electron chi connectivity index (χ3n) is 2.60. The predicted octanol–water partition coefficient (Wildman–Crippen LogP) is 0.265. The van der Waals surface area contributed by atoms with Gasteiger partial charge in [-0.05, 0) is 31.7 Å². The Morgan fingerprint density at radius 2 is 2.25 bits per heavy atom. The Hall–Kier alpha value is -0.570.